The number of aliphatic hydroxyl groups excluding tert-OH is 1. The van der Waals surface area contributed by atoms with Gasteiger partial charge in [-0.25, -0.2) is 0 Å². The standard InChI is InChI=1S/C30H53NO9S.28CH4/c1-5-7-8-9-10-11-12-13-14-16-25(40-28(35)15-6-2)20-29(36)39-17-18-41-22-26(31-23(3)33)27(34)19-24(21-32)30(37)38-4;;;;;;;;;;;;;;;;;;;;;;;;;;;;/h24-26,32H,5-22H2,1-4H3,(H,31,33);28*1H4/t24-,25+,26-;;;;;;;;;;;;;;;;;;;;;;;;;;;;/m0............................/s1. The second-order valence-corrected chi connectivity index (χ2v) is 11.5. The Morgan fingerprint density at radius 3 is 1.23 bits per heavy atom. The fourth-order valence-corrected chi connectivity index (χ4v) is 5.10. The van der Waals surface area contributed by atoms with Gasteiger partial charge in [-0.1, -0.05) is 273 Å². The van der Waals surface area contributed by atoms with Gasteiger partial charge < -0.3 is 24.6 Å². The maximum Gasteiger partial charge on any atom is 0.311 e. The quantitative estimate of drug-likeness (QED) is 0.0488. The van der Waals surface area contributed by atoms with Gasteiger partial charge in [0, 0.05) is 31.3 Å². The van der Waals surface area contributed by atoms with E-state index < -0.39 is 48.3 Å². The molecule has 1 amide bonds. The van der Waals surface area contributed by atoms with E-state index >= 15 is 0 Å². The summed E-state index contributed by atoms with van der Waals surface area (Å²) in [5.41, 5.74) is 0. The number of amides is 1. The number of aliphatic hydroxyl groups is 1. The summed E-state index contributed by atoms with van der Waals surface area (Å²) < 4.78 is 15.5. The fraction of sp³-hybridized carbons (Fsp3) is 0.914. The SMILES string of the molecule is C.C.C.C.C.C.C.C.C.C.C.C.C.C.C.C.C.C.C.C.C.C.C.C.C.C.C.C.CCCCCCCCCCC[C@H](CC(=O)OCCSC[C@H](NC(C)=O)C(=O)C[C@@H](CO)C(=O)OC)OC(=O)CCC. The van der Waals surface area contributed by atoms with Crippen molar-refractivity contribution in [2.45, 2.75) is 331 Å². The number of esters is 3. The van der Waals surface area contributed by atoms with Crippen LogP contribution in [0.1, 0.15) is 319 Å². The van der Waals surface area contributed by atoms with Gasteiger partial charge in [0.05, 0.1) is 32.1 Å². The van der Waals surface area contributed by atoms with E-state index in [0.717, 1.165) is 19.3 Å². The van der Waals surface area contributed by atoms with E-state index in [2.05, 4.69) is 17.0 Å². The summed E-state index contributed by atoms with van der Waals surface area (Å²) >= 11 is 1.31. The third-order valence-electron chi connectivity index (χ3n) is 6.52. The van der Waals surface area contributed by atoms with Crippen LogP contribution >= 0.6 is 11.8 Å². The normalized spacial score (nSPS) is 7.78. The van der Waals surface area contributed by atoms with Crippen molar-refractivity contribution in [3.8, 4) is 0 Å². The smallest absolute Gasteiger partial charge is 0.311 e. The van der Waals surface area contributed by atoms with Gasteiger partial charge in [-0.3, -0.25) is 24.0 Å². The Morgan fingerprint density at radius 1 is 0.522 bits per heavy atom. The van der Waals surface area contributed by atoms with E-state index in [1.54, 1.807) is 0 Å². The zero-order valence-corrected chi connectivity index (χ0v) is 26.4. The highest BCUT2D eigenvalue weighted by Gasteiger charge is 2.27. The van der Waals surface area contributed by atoms with E-state index in [-0.39, 0.29) is 239 Å². The molecule has 0 unspecified atom stereocenters. The van der Waals surface area contributed by atoms with E-state index in [9.17, 15) is 29.1 Å². The Bertz CT molecular complexity index is 772. The molecule has 0 aliphatic rings. The van der Waals surface area contributed by atoms with Gasteiger partial charge in [0.25, 0.3) is 0 Å². The van der Waals surface area contributed by atoms with Crippen LogP contribution in [-0.2, 0) is 38.2 Å². The highest BCUT2D eigenvalue weighted by Crippen LogP contribution is 2.16. The molecule has 0 aliphatic heterocycles. The molecule has 0 aromatic carbocycles. The first-order valence-corrected chi connectivity index (χ1v) is 16.2. The van der Waals surface area contributed by atoms with Crippen molar-refractivity contribution in [3.05, 3.63) is 0 Å². The zero-order chi connectivity index (χ0) is 30.9. The summed E-state index contributed by atoms with van der Waals surface area (Å²) in [5.74, 6) is -2.65. The topological polar surface area (TPSA) is 145 Å². The van der Waals surface area contributed by atoms with Gasteiger partial charge in [0.2, 0.25) is 5.91 Å². The molecule has 0 saturated carbocycles. The Kier molecular flexibility index (Phi) is 404. The molecular formula is C58H165NO9S. The first kappa shape index (κ1) is 202. The van der Waals surface area contributed by atoms with Crippen LogP contribution < -0.4 is 5.32 Å². The molecule has 0 aliphatic carbocycles. The molecule has 0 aromatic heterocycles. The third-order valence-corrected chi connectivity index (χ3v) is 7.54. The Labute approximate surface area is 456 Å². The van der Waals surface area contributed by atoms with E-state index in [0.29, 0.717) is 25.0 Å². The molecule has 0 bridgehead atoms. The Balaban J connectivity index is -0.0000000212. The predicted octanol–water partition coefficient (Wildman–Crippen LogP) is 22.3. The highest BCUT2D eigenvalue weighted by molar-refractivity contribution is 7.99. The number of unbranched alkanes of at least 4 members (excludes halogenated alkanes) is 8. The minimum Gasteiger partial charge on any atom is -0.469 e. The lowest BCUT2D eigenvalue weighted by atomic mass is 10.00. The van der Waals surface area contributed by atoms with Crippen LogP contribution in [0, 0.1) is 5.92 Å². The lowest BCUT2D eigenvalue weighted by Gasteiger charge is -2.19. The number of hydrogen-bond donors (Lipinski definition) is 2. The molecule has 0 fully saturated rings. The van der Waals surface area contributed by atoms with Crippen molar-refractivity contribution in [3.63, 3.8) is 0 Å². The molecule has 0 aromatic rings. The maximum atomic E-state index is 12.6. The molecule has 0 rings (SSSR count). The molecule has 0 saturated heterocycles. The molecule has 10 nitrogen and oxygen atoms in total. The zero-order valence-electron chi connectivity index (χ0n) is 25.6. The van der Waals surface area contributed by atoms with Crippen LogP contribution in [0.5, 0.6) is 0 Å². The van der Waals surface area contributed by atoms with Gasteiger partial charge in [0.1, 0.15) is 12.7 Å². The van der Waals surface area contributed by atoms with Crippen LogP contribution in [0.3, 0.4) is 0 Å². The average Bonchev–Trinajstić information content (AvgIpc) is 2.93. The fourth-order valence-electron chi connectivity index (χ4n) is 4.23. The van der Waals surface area contributed by atoms with Crippen molar-refractivity contribution < 1.29 is 43.3 Å². The number of nitrogens with one attached hydrogen (secondary N) is 1. The van der Waals surface area contributed by atoms with Gasteiger partial charge >= 0.3 is 17.9 Å². The molecule has 3 atom stereocenters. The minimum atomic E-state index is -0.996. The second kappa shape index (κ2) is 138. The largest absolute Gasteiger partial charge is 0.469 e. The summed E-state index contributed by atoms with van der Waals surface area (Å²) in [7, 11) is 1.17. The van der Waals surface area contributed by atoms with Crippen LogP contribution in [0.4, 0.5) is 0 Å². The summed E-state index contributed by atoms with van der Waals surface area (Å²) in [6.45, 7) is 4.95. The number of thioether (sulfide) groups is 1. The Morgan fingerprint density at radius 2 is 0.899 bits per heavy atom. The first-order chi connectivity index (χ1) is 19.7. The number of methoxy groups -OCH3 is 1. The summed E-state index contributed by atoms with van der Waals surface area (Å²) in [4.78, 5) is 60.4. The third kappa shape index (κ3) is 117. The van der Waals surface area contributed by atoms with Gasteiger partial charge in [0.15, 0.2) is 5.78 Å². The molecule has 69 heavy (non-hydrogen) atoms. The van der Waals surface area contributed by atoms with Crippen LogP contribution in [0.2, 0.25) is 0 Å². The molecule has 0 spiro atoms. The molecular weight excluding hydrogens is 887 g/mol. The molecule has 462 valence electrons. The number of Topliss-reactive ketones (excluding diaryl/α,β-unsaturated/α-hetero) is 1. The first-order valence-electron chi connectivity index (χ1n) is 15.1. The van der Waals surface area contributed by atoms with E-state index in [1.165, 1.54) is 64.3 Å². The van der Waals surface area contributed by atoms with Gasteiger partial charge in [-0.2, -0.15) is 11.8 Å². The van der Waals surface area contributed by atoms with Crippen molar-refractivity contribution in [2.24, 2.45) is 5.92 Å². The monoisotopic (exact) mass is 1050 g/mol. The summed E-state index contributed by atoms with van der Waals surface area (Å²) in [5, 5.41) is 11.9. The van der Waals surface area contributed by atoms with Crippen LogP contribution in [0.25, 0.3) is 0 Å². The molecule has 2 N–H and O–H groups in total. The number of carbonyl (C=O) groups is 5. The van der Waals surface area contributed by atoms with Crippen molar-refractivity contribution >= 4 is 41.4 Å². The number of carbonyl (C=O) groups excluding carboxylic acids is 5. The lowest BCUT2D eigenvalue weighted by molar-refractivity contribution is -0.155. The number of hydrogen-bond acceptors (Lipinski definition) is 10. The maximum absolute atomic E-state index is 12.6. The number of ether oxygens (including phenoxy) is 3. The molecule has 0 heterocycles. The minimum absolute atomic E-state index is 0. The summed E-state index contributed by atoms with van der Waals surface area (Å²) in [6, 6.07) is -0.856. The van der Waals surface area contributed by atoms with Crippen molar-refractivity contribution in [2.75, 3.05) is 31.8 Å². The highest BCUT2D eigenvalue weighted by atomic mass is 32.2. The lowest BCUT2D eigenvalue weighted by Crippen LogP contribution is -2.43. The van der Waals surface area contributed by atoms with Crippen molar-refractivity contribution in [1.82, 2.24) is 5.32 Å². The second-order valence-electron chi connectivity index (χ2n) is 10.3. The summed E-state index contributed by atoms with van der Waals surface area (Å²) in [6.07, 6.45) is 11.4. The average molecular weight is 1050 g/mol. The van der Waals surface area contributed by atoms with E-state index in [1.807, 2.05) is 6.92 Å². The predicted molar refractivity (Wildman–Crippen MR) is 348 cm³/mol. The van der Waals surface area contributed by atoms with Gasteiger partial charge in [-0.05, 0) is 19.3 Å². The van der Waals surface area contributed by atoms with Crippen LogP contribution in [-0.4, -0.2) is 78.7 Å². The molecule has 0 radical (unpaired) electrons. The Hall–Kier alpha value is -2.14. The number of rotatable bonds is 26. The van der Waals surface area contributed by atoms with E-state index in [4.69, 9.17) is 9.47 Å². The van der Waals surface area contributed by atoms with Crippen LogP contribution in [0.15, 0.2) is 0 Å². The van der Waals surface area contributed by atoms with Gasteiger partial charge in [-0.15, -0.1) is 0 Å². The molecule has 11 heteroatoms. The van der Waals surface area contributed by atoms with Crippen molar-refractivity contribution in [1.29, 1.82) is 0 Å². The number of ketones is 1.